The van der Waals surface area contributed by atoms with E-state index in [1.54, 1.807) is 49.6 Å². The molecule has 0 aliphatic heterocycles. The average molecular weight is 385 g/mol. The van der Waals surface area contributed by atoms with Crippen LogP contribution in [0.15, 0.2) is 77.3 Å². The lowest BCUT2D eigenvalue weighted by molar-refractivity contribution is 0.102. The van der Waals surface area contributed by atoms with Gasteiger partial charge in [-0.25, -0.2) is 0 Å². The number of nitrogens with zero attached hydrogens (tertiary/aromatic N) is 2. The number of carbonyl (C=O) groups is 1. The van der Waals surface area contributed by atoms with Crippen molar-refractivity contribution < 1.29 is 14.1 Å². The van der Waals surface area contributed by atoms with Crippen molar-refractivity contribution in [3.63, 3.8) is 0 Å². The molecule has 0 fully saturated rings. The number of nitrogens with one attached hydrogen (secondary N) is 1. The van der Waals surface area contributed by atoms with Crippen LogP contribution in [0.25, 0.3) is 22.8 Å². The normalized spacial score (nSPS) is 10.6. The van der Waals surface area contributed by atoms with E-state index in [4.69, 9.17) is 9.26 Å². The molecular weight excluding hydrogens is 366 g/mol. The summed E-state index contributed by atoms with van der Waals surface area (Å²) >= 11 is 0. The Morgan fingerprint density at radius 3 is 2.34 bits per heavy atom. The Balaban J connectivity index is 1.63. The van der Waals surface area contributed by atoms with Crippen molar-refractivity contribution in [1.29, 1.82) is 0 Å². The zero-order chi connectivity index (χ0) is 20.2. The summed E-state index contributed by atoms with van der Waals surface area (Å²) in [5, 5.41) is 6.98. The molecule has 0 bridgehead atoms. The molecule has 4 aromatic rings. The number of anilines is 1. The van der Waals surface area contributed by atoms with Crippen LogP contribution in [0.3, 0.4) is 0 Å². The van der Waals surface area contributed by atoms with E-state index in [1.807, 2.05) is 37.3 Å². The number of amides is 1. The van der Waals surface area contributed by atoms with Crippen LogP contribution in [0.1, 0.15) is 15.9 Å². The van der Waals surface area contributed by atoms with Gasteiger partial charge in [-0.15, -0.1) is 0 Å². The van der Waals surface area contributed by atoms with Crippen LogP contribution in [-0.4, -0.2) is 23.2 Å². The zero-order valence-corrected chi connectivity index (χ0v) is 16.0. The van der Waals surface area contributed by atoms with Crippen LogP contribution in [0.5, 0.6) is 5.75 Å². The summed E-state index contributed by atoms with van der Waals surface area (Å²) in [7, 11) is 1.60. The van der Waals surface area contributed by atoms with Crippen molar-refractivity contribution in [1.82, 2.24) is 10.1 Å². The molecule has 1 amide bonds. The first-order valence-electron chi connectivity index (χ1n) is 9.10. The van der Waals surface area contributed by atoms with Gasteiger partial charge < -0.3 is 14.6 Å². The van der Waals surface area contributed by atoms with Gasteiger partial charge in [0, 0.05) is 11.3 Å². The number of methoxy groups -OCH3 is 1. The molecule has 1 heterocycles. The predicted octanol–water partition coefficient (Wildman–Crippen LogP) is 4.97. The van der Waals surface area contributed by atoms with Crippen LogP contribution >= 0.6 is 0 Å². The predicted molar refractivity (Wildman–Crippen MR) is 111 cm³/mol. The number of aryl methyl sites for hydroxylation is 1. The Kier molecular flexibility index (Phi) is 5.07. The Morgan fingerprint density at radius 1 is 0.931 bits per heavy atom. The van der Waals surface area contributed by atoms with Gasteiger partial charge in [0.2, 0.25) is 5.82 Å². The highest BCUT2D eigenvalue weighted by Crippen LogP contribution is 2.27. The molecule has 3 aromatic carbocycles. The summed E-state index contributed by atoms with van der Waals surface area (Å²) in [4.78, 5) is 17.4. The van der Waals surface area contributed by atoms with Crippen LogP contribution in [0, 0.1) is 6.92 Å². The highest BCUT2D eigenvalue weighted by molar-refractivity contribution is 6.08. The number of rotatable bonds is 5. The average Bonchev–Trinajstić information content (AvgIpc) is 3.24. The molecule has 4 rings (SSSR count). The first kappa shape index (κ1) is 18.4. The van der Waals surface area contributed by atoms with E-state index in [9.17, 15) is 4.79 Å². The monoisotopic (exact) mass is 385 g/mol. The highest BCUT2D eigenvalue weighted by Gasteiger charge is 2.18. The molecule has 0 saturated carbocycles. The molecule has 144 valence electrons. The minimum absolute atomic E-state index is 0.263. The lowest BCUT2D eigenvalue weighted by Crippen LogP contribution is -2.13. The fraction of sp³-hybridized carbons (Fsp3) is 0.0870. The van der Waals surface area contributed by atoms with Crippen molar-refractivity contribution >= 4 is 11.6 Å². The summed E-state index contributed by atoms with van der Waals surface area (Å²) in [6.45, 7) is 1.99. The van der Waals surface area contributed by atoms with E-state index in [2.05, 4.69) is 15.5 Å². The third-order valence-electron chi connectivity index (χ3n) is 4.56. The Labute approximate surface area is 168 Å². The van der Waals surface area contributed by atoms with Gasteiger partial charge in [0.25, 0.3) is 11.8 Å². The molecule has 29 heavy (non-hydrogen) atoms. The summed E-state index contributed by atoms with van der Waals surface area (Å²) in [5.74, 6) is 1.24. The molecule has 1 aromatic heterocycles. The SMILES string of the molecule is COc1ccc(NC(=O)c2ccccc2-c2nc(-c3ccccc3C)no2)cc1. The third-order valence-corrected chi connectivity index (χ3v) is 4.56. The van der Waals surface area contributed by atoms with E-state index in [0.717, 1.165) is 16.9 Å². The summed E-state index contributed by atoms with van der Waals surface area (Å²) < 4.78 is 10.6. The fourth-order valence-electron chi connectivity index (χ4n) is 3.01. The molecule has 6 heteroatoms. The number of ether oxygens (including phenoxy) is 1. The van der Waals surface area contributed by atoms with E-state index in [-0.39, 0.29) is 5.91 Å². The van der Waals surface area contributed by atoms with E-state index < -0.39 is 0 Å². The highest BCUT2D eigenvalue weighted by atomic mass is 16.5. The maximum atomic E-state index is 12.9. The molecule has 0 aliphatic rings. The molecule has 1 N–H and O–H groups in total. The van der Waals surface area contributed by atoms with E-state index >= 15 is 0 Å². The summed E-state index contributed by atoms with van der Waals surface area (Å²) in [5.41, 5.74) is 3.62. The van der Waals surface area contributed by atoms with Crippen LogP contribution in [-0.2, 0) is 0 Å². The molecular formula is C23H19N3O3. The Bertz CT molecular complexity index is 1150. The van der Waals surface area contributed by atoms with Gasteiger partial charge >= 0.3 is 0 Å². The van der Waals surface area contributed by atoms with Crippen molar-refractivity contribution in [2.75, 3.05) is 12.4 Å². The van der Waals surface area contributed by atoms with E-state index in [0.29, 0.717) is 28.5 Å². The van der Waals surface area contributed by atoms with Crippen LogP contribution in [0.2, 0.25) is 0 Å². The first-order valence-corrected chi connectivity index (χ1v) is 9.10. The second kappa shape index (κ2) is 7.98. The zero-order valence-electron chi connectivity index (χ0n) is 16.0. The van der Waals surface area contributed by atoms with Crippen LogP contribution < -0.4 is 10.1 Å². The van der Waals surface area contributed by atoms with Gasteiger partial charge in [0.15, 0.2) is 0 Å². The molecule has 6 nitrogen and oxygen atoms in total. The minimum Gasteiger partial charge on any atom is -0.497 e. The lowest BCUT2D eigenvalue weighted by atomic mass is 10.1. The quantitative estimate of drug-likeness (QED) is 0.525. The fourth-order valence-corrected chi connectivity index (χ4v) is 3.01. The number of benzene rings is 3. The Morgan fingerprint density at radius 2 is 1.62 bits per heavy atom. The number of hydrogen-bond donors (Lipinski definition) is 1. The molecule has 0 saturated heterocycles. The number of hydrogen-bond acceptors (Lipinski definition) is 5. The van der Waals surface area contributed by atoms with E-state index in [1.165, 1.54) is 0 Å². The van der Waals surface area contributed by atoms with Gasteiger partial charge in [0.1, 0.15) is 5.75 Å². The Hall–Kier alpha value is -3.93. The lowest BCUT2D eigenvalue weighted by Gasteiger charge is -2.08. The summed E-state index contributed by atoms with van der Waals surface area (Å²) in [6.07, 6.45) is 0. The maximum absolute atomic E-state index is 12.9. The van der Waals surface area contributed by atoms with Gasteiger partial charge in [-0.1, -0.05) is 41.6 Å². The number of carbonyl (C=O) groups excluding carboxylic acids is 1. The largest absolute Gasteiger partial charge is 0.497 e. The topological polar surface area (TPSA) is 77.2 Å². The second-order valence-electron chi connectivity index (χ2n) is 6.47. The maximum Gasteiger partial charge on any atom is 0.259 e. The van der Waals surface area contributed by atoms with Gasteiger partial charge in [-0.3, -0.25) is 4.79 Å². The van der Waals surface area contributed by atoms with Gasteiger partial charge in [0.05, 0.1) is 18.2 Å². The standard InChI is InChI=1S/C23H19N3O3/c1-15-7-3-4-8-18(15)21-25-23(29-26-21)20-10-6-5-9-19(20)22(27)24-16-11-13-17(28-2)14-12-16/h3-14H,1-2H3,(H,24,27). The minimum atomic E-state index is -0.263. The van der Waals surface area contributed by atoms with Gasteiger partial charge in [-0.05, 0) is 48.9 Å². The molecule has 0 unspecified atom stereocenters. The van der Waals surface area contributed by atoms with Crippen molar-refractivity contribution in [2.45, 2.75) is 6.92 Å². The second-order valence-corrected chi connectivity index (χ2v) is 6.47. The van der Waals surface area contributed by atoms with Gasteiger partial charge in [-0.2, -0.15) is 4.98 Å². The summed E-state index contributed by atoms with van der Waals surface area (Å²) in [6, 6.07) is 22.1. The van der Waals surface area contributed by atoms with Crippen molar-refractivity contribution in [3.05, 3.63) is 83.9 Å². The molecule has 0 spiro atoms. The number of aromatic nitrogens is 2. The smallest absolute Gasteiger partial charge is 0.259 e. The van der Waals surface area contributed by atoms with Crippen LogP contribution in [0.4, 0.5) is 5.69 Å². The molecule has 0 aliphatic carbocycles. The van der Waals surface area contributed by atoms with Crippen molar-refractivity contribution in [3.8, 4) is 28.6 Å². The first-order chi connectivity index (χ1) is 14.2. The third kappa shape index (κ3) is 3.87. The molecule has 0 atom stereocenters. The molecule has 0 radical (unpaired) electrons. The van der Waals surface area contributed by atoms with Crippen molar-refractivity contribution in [2.24, 2.45) is 0 Å².